The topological polar surface area (TPSA) is 50.1 Å². The standard InChI is InChI=1S/C16H23N3O/c1-6-19-13(5)16(12(4)18-19)11(3)17-14-7-8-15(20)10(2)9-14/h7-9,11,17,20H,6H2,1-5H3. The summed E-state index contributed by atoms with van der Waals surface area (Å²) in [5.41, 5.74) is 5.41. The SMILES string of the molecule is CCn1nc(C)c(C(C)Nc2ccc(O)c(C)c2)c1C. The summed E-state index contributed by atoms with van der Waals surface area (Å²) in [6, 6.07) is 5.76. The van der Waals surface area contributed by atoms with Gasteiger partial charge in [0.05, 0.1) is 11.7 Å². The van der Waals surface area contributed by atoms with Crippen LogP contribution in [0.5, 0.6) is 5.75 Å². The highest BCUT2D eigenvalue weighted by molar-refractivity contribution is 5.52. The molecule has 1 unspecified atom stereocenters. The number of hydrogen-bond acceptors (Lipinski definition) is 3. The number of rotatable bonds is 4. The number of hydrogen-bond donors (Lipinski definition) is 2. The van der Waals surface area contributed by atoms with E-state index in [2.05, 4.69) is 38.1 Å². The molecular formula is C16H23N3O. The summed E-state index contributed by atoms with van der Waals surface area (Å²) in [6.07, 6.45) is 0. The first kappa shape index (κ1) is 14.4. The number of phenolic OH excluding ortho intramolecular Hbond substituents is 1. The van der Waals surface area contributed by atoms with Crippen LogP contribution in [-0.2, 0) is 6.54 Å². The lowest BCUT2D eigenvalue weighted by atomic mass is 10.1. The van der Waals surface area contributed by atoms with Crippen LogP contribution in [0.1, 0.15) is 42.4 Å². The second-order valence-electron chi connectivity index (χ2n) is 5.27. The largest absolute Gasteiger partial charge is 0.508 e. The van der Waals surface area contributed by atoms with Crippen LogP contribution in [0.2, 0.25) is 0 Å². The first-order valence-corrected chi connectivity index (χ1v) is 7.04. The van der Waals surface area contributed by atoms with E-state index in [-0.39, 0.29) is 6.04 Å². The Morgan fingerprint density at radius 2 is 2.00 bits per heavy atom. The lowest BCUT2D eigenvalue weighted by Crippen LogP contribution is -2.09. The van der Waals surface area contributed by atoms with Crippen LogP contribution in [0, 0.1) is 20.8 Å². The Morgan fingerprint density at radius 1 is 1.30 bits per heavy atom. The molecule has 20 heavy (non-hydrogen) atoms. The van der Waals surface area contributed by atoms with Gasteiger partial charge in [-0.25, -0.2) is 0 Å². The fraction of sp³-hybridized carbons (Fsp3) is 0.438. The molecule has 0 aliphatic rings. The number of aromatic hydroxyl groups is 1. The van der Waals surface area contributed by atoms with E-state index < -0.39 is 0 Å². The quantitative estimate of drug-likeness (QED) is 0.835. The fourth-order valence-corrected chi connectivity index (χ4v) is 2.71. The molecule has 4 nitrogen and oxygen atoms in total. The van der Waals surface area contributed by atoms with Crippen molar-refractivity contribution in [3.05, 3.63) is 40.7 Å². The molecule has 0 spiro atoms. The summed E-state index contributed by atoms with van der Waals surface area (Å²) in [6.45, 7) is 11.2. The maximum Gasteiger partial charge on any atom is 0.118 e. The van der Waals surface area contributed by atoms with Crippen molar-refractivity contribution in [2.45, 2.75) is 47.2 Å². The van der Waals surface area contributed by atoms with Crippen LogP contribution >= 0.6 is 0 Å². The van der Waals surface area contributed by atoms with Crippen LogP contribution < -0.4 is 5.32 Å². The Hall–Kier alpha value is -1.97. The molecule has 1 aromatic carbocycles. The van der Waals surface area contributed by atoms with Gasteiger partial charge in [-0.2, -0.15) is 5.10 Å². The minimum Gasteiger partial charge on any atom is -0.508 e. The lowest BCUT2D eigenvalue weighted by Gasteiger charge is -2.17. The molecule has 0 saturated carbocycles. The van der Waals surface area contributed by atoms with Gasteiger partial charge in [0.2, 0.25) is 0 Å². The third kappa shape index (κ3) is 2.64. The Morgan fingerprint density at radius 3 is 2.55 bits per heavy atom. The normalized spacial score (nSPS) is 12.4. The molecule has 0 bridgehead atoms. The average Bonchev–Trinajstić information content (AvgIpc) is 2.68. The highest BCUT2D eigenvalue weighted by Gasteiger charge is 2.17. The van der Waals surface area contributed by atoms with Gasteiger partial charge in [0.25, 0.3) is 0 Å². The molecule has 2 rings (SSSR count). The lowest BCUT2D eigenvalue weighted by molar-refractivity contribution is 0.471. The molecule has 0 saturated heterocycles. The highest BCUT2D eigenvalue weighted by Crippen LogP contribution is 2.27. The predicted octanol–water partition coefficient (Wildman–Crippen LogP) is 3.71. The van der Waals surface area contributed by atoms with E-state index in [0.717, 1.165) is 23.5 Å². The molecule has 0 fully saturated rings. The predicted molar refractivity (Wildman–Crippen MR) is 82.3 cm³/mol. The first-order valence-electron chi connectivity index (χ1n) is 7.04. The van der Waals surface area contributed by atoms with Gasteiger partial charge in [0, 0.05) is 23.5 Å². The number of phenols is 1. The molecule has 0 aliphatic heterocycles. The van der Waals surface area contributed by atoms with Crippen LogP contribution in [0.25, 0.3) is 0 Å². The van der Waals surface area contributed by atoms with Gasteiger partial charge in [0.15, 0.2) is 0 Å². The maximum absolute atomic E-state index is 9.58. The zero-order chi connectivity index (χ0) is 14.9. The van der Waals surface area contributed by atoms with Crippen molar-refractivity contribution in [2.24, 2.45) is 0 Å². The number of benzene rings is 1. The number of nitrogens with zero attached hydrogens (tertiary/aromatic N) is 2. The van der Waals surface area contributed by atoms with Gasteiger partial charge < -0.3 is 10.4 Å². The molecule has 108 valence electrons. The molecule has 0 amide bonds. The maximum atomic E-state index is 9.58. The molecule has 1 heterocycles. The third-order valence-electron chi connectivity index (χ3n) is 3.75. The molecule has 1 atom stereocenters. The Kier molecular flexibility index (Phi) is 4.02. The summed E-state index contributed by atoms with van der Waals surface area (Å²) in [7, 11) is 0. The van der Waals surface area contributed by atoms with Crippen molar-refractivity contribution in [3.63, 3.8) is 0 Å². The number of anilines is 1. The van der Waals surface area contributed by atoms with Gasteiger partial charge in [-0.3, -0.25) is 4.68 Å². The number of aryl methyl sites for hydroxylation is 3. The smallest absolute Gasteiger partial charge is 0.118 e. The second-order valence-corrected chi connectivity index (χ2v) is 5.27. The van der Waals surface area contributed by atoms with Crippen molar-refractivity contribution in [1.29, 1.82) is 0 Å². The van der Waals surface area contributed by atoms with E-state index in [1.165, 1.54) is 11.3 Å². The van der Waals surface area contributed by atoms with Crippen molar-refractivity contribution < 1.29 is 5.11 Å². The van der Waals surface area contributed by atoms with Gasteiger partial charge in [0.1, 0.15) is 5.75 Å². The van der Waals surface area contributed by atoms with Crippen LogP contribution in [-0.4, -0.2) is 14.9 Å². The Balaban J connectivity index is 2.25. The van der Waals surface area contributed by atoms with Crippen molar-refractivity contribution >= 4 is 5.69 Å². The van der Waals surface area contributed by atoms with Crippen LogP contribution in [0.15, 0.2) is 18.2 Å². The molecule has 2 N–H and O–H groups in total. The molecule has 2 aromatic rings. The van der Waals surface area contributed by atoms with Gasteiger partial charge >= 0.3 is 0 Å². The summed E-state index contributed by atoms with van der Waals surface area (Å²) in [4.78, 5) is 0. The monoisotopic (exact) mass is 273 g/mol. The molecule has 0 aliphatic carbocycles. The zero-order valence-corrected chi connectivity index (χ0v) is 12.9. The fourth-order valence-electron chi connectivity index (χ4n) is 2.71. The van der Waals surface area contributed by atoms with Crippen molar-refractivity contribution in [2.75, 3.05) is 5.32 Å². The Bertz CT molecular complexity index is 616. The second kappa shape index (κ2) is 5.57. The number of nitrogens with one attached hydrogen (secondary N) is 1. The van der Waals surface area contributed by atoms with E-state index in [0.29, 0.717) is 5.75 Å². The summed E-state index contributed by atoms with van der Waals surface area (Å²) in [5.74, 6) is 0.328. The van der Waals surface area contributed by atoms with E-state index in [9.17, 15) is 5.11 Å². The minimum atomic E-state index is 0.180. The average molecular weight is 273 g/mol. The number of aromatic nitrogens is 2. The highest BCUT2D eigenvalue weighted by atomic mass is 16.3. The Labute approximate surface area is 120 Å². The van der Waals surface area contributed by atoms with Crippen molar-refractivity contribution in [1.82, 2.24) is 9.78 Å². The van der Waals surface area contributed by atoms with Gasteiger partial charge in [-0.15, -0.1) is 0 Å². The first-order chi connectivity index (χ1) is 9.43. The summed E-state index contributed by atoms with van der Waals surface area (Å²) < 4.78 is 2.03. The zero-order valence-electron chi connectivity index (χ0n) is 12.9. The van der Waals surface area contributed by atoms with Gasteiger partial charge in [-0.05, 0) is 58.4 Å². The molecule has 4 heteroatoms. The summed E-state index contributed by atoms with van der Waals surface area (Å²) in [5, 5.41) is 17.6. The summed E-state index contributed by atoms with van der Waals surface area (Å²) >= 11 is 0. The van der Waals surface area contributed by atoms with Crippen molar-refractivity contribution in [3.8, 4) is 5.75 Å². The van der Waals surface area contributed by atoms with E-state index in [1.807, 2.05) is 23.7 Å². The minimum absolute atomic E-state index is 0.180. The van der Waals surface area contributed by atoms with Gasteiger partial charge in [-0.1, -0.05) is 0 Å². The molecular weight excluding hydrogens is 250 g/mol. The molecule has 1 aromatic heterocycles. The van der Waals surface area contributed by atoms with E-state index in [4.69, 9.17) is 0 Å². The third-order valence-corrected chi connectivity index (χ3v) is 3.75. The van der Waals surface area contributed by atoms with Crippen LogP contribution in [0.3, 0.4) is 0 Å². The van der Waals surface area contributed by atoms with Crippen LogP contribution in [0.4, 0.5) is 5.69 Å². The van der Waals surface area contributed by atoms with E-state index in [1.54, 1.807) is 6.07 Å². The molecule has 0 radical (unpaired) electrons. The van der Waals surface area contributed by atoms with E-state index >= 15 is 0 Å².